The van der Waals surface area contributed by atoms with Crippen LogP contribution in [0.2, 0.25) is 0 Å². The molecule has 1 aromatic heterocycles. The standard InChI is InChI=1S/C17H20N2O4S2/c1-12-7-8-19(13(2)20)16-10-15(5-6-17(16)24-12)25(21,22)18-11-14-4-3-9-23-14/h3-6,9-10,12,18H,7-8,11H2,1-2H3/t12-/m0/s1. The molecule has 0 fully saturated rings. The minimum absolute atomic E-state index is 0.0780. The summed E-state index contributed by atoms with van der Waals surface area (Å²) in [6.07, 6.45) is 2.35. The van der Waals surface area contributed by atoms with Crippen molar-refractivity contribution in [1.29, 1.82) is 0 Å². The van der Waals surface area contributed by atoms with Crippen LogP contribution in [0, 0.1) is 0 Å². The van der Waals surface area contributed by atoms with Gasteiger partial charge in [0.1, 0.15) is 5.76 Å². The molecule has 0 saturated carbocycles. The van der Waals surface area contributed by atoms with Gasteiger partial charge in [0.05, 0.1) is 23.4 Å². The summed E-state index contributed by atoms with van der Waals surface area (Å²) in [4.78, 5) is 14.7. The SMILES string of the molecule is CC(=O)N1CC[C@H](C)Sc2ccc(S(=O)(=O)NCc3ccco3)cc21. The second kappa shape index (κ2) is 7.23. The molecule has 2 heterocycles. The molecule has 0 radical (unpaired) electrons. The lowest BCUT2D eigenvalue weighted by Gasteiger charge is -2.21. The highest BCUT2D eigenvalue weighted by Gasteiger charge is 2.25. The van der Waals surface area contributed by atoms with Gasteiger partial charge in [-0.15, -0.1) is 11.8 Å². The number of nitrogens with zero attached hydrogens (tertiary/aromatic N) is 1. The monoisotopic (exact) mass is 380 g/mol. The molecule has 1 atom stereocenters. The van der Waals surface area contributed by atoms with E-state index in [1.54, 1.807) is 47.0 Å². The summed E-state index contributed by atoms with van der Waals surface area (Å²) in [7, 11) is -3.70. The van der Waals surface area contributed by atoms with Crippen LogP contribution in [0.25, 0.3) is 0 Å². The minimum atomic E-state index is -3.70. The summed E-state index contributed by atoms with van der Waals surface area (Å²) in [5, 5.41) is 0.364. The van der Waals surface area contributed by atoms with Crippen LogP contribution in [0.5, 0.6) is 0 Å². The zero-order valence-electron chi connectivity index (χ0n) is 14.1. The predicted octanol–water partition coefficient (Wildman–Crippen LogP) is 3.00. The van der Waals surface area contributed by atoms with Crippen LogP contribution in [-0.4, -0.2) is 26.1 Å². The van der Waals surface area contributed by atoms with E-state index in [4.69, 9.17) is 4.42 Å². The summed E-state index contributed by atoms with van der Waals surface area (Å²) in [6.45, 7) is 4.27. The van der Waals surface area contributed by atoms with Gasteiger partial charge in [0.25, 0.3) is 0 Å². The van der Waals surface area contributed by atoms with Gasteiger partial charge in [-0.25, -0.2) is 13.1 Å². The lowest BCUT2D eigenvalue weighted by atomic mass is 10.2. The van der Waals surface area contributed by atoms with Crippen LogP contribution in [0.3, 0.4) is 0 Å². The van der Waals surface area contributed by atoms with Gasteiger partial charge in [-0.05, 0) is 36.8 Å². The molecule has 0 unspecified atom stereocenters. The Labute approximate surface area is 151 Å². The number of rotatable bonds is 4. The summed E-state index contributed by atoms with van der Waals surface area (Å²) in [5.74, 6) is 0.446. The maximum atomic E-state index is 12.6. The number of fused-ring (bicyclic) bond motifs is 1. The molecular formula is C17H20N2O4S2. The van der Waals surface area contributed by atoms with E-state index in [0.29, 0.717) is 23.2 Å². The Morgan fingerprint density at radius 3 is 2.88 bits per heavy atom. The Hall–Kier alpha value is -1.77. The van der Waals surface area contributed by atoms with E-state index in [1.165, 1.54) is 13.2 Å². The largest absolute Gasteiger partial charge is 0.468 e. The Morgan fingerprint density at radius 1 is 1.40 bits per heavy atom. The van der Waals surface area contributed by atoms with Crippen molar-refractivity contribution in [2.24, 2.45) is 0 Å². The molecule has 134 valence electrons. The Morgan fingerprint density at radius 2 is 2.20 bits per heavy atom. The molecule has 0 saturated heterocycles. The molecule has 1 aromatic carbocycles. The number of benzene rings is 1. The smallest absolute Gasteiger partial charge is 0.241 e. The fraction of sp³-hybridized carbons (Fsp3) is 0.353. The summed E-state index contributed by atoms with van der Waals surface area (Å²) in [5.41, 5.74) is 0.655. The number of thioether (sulfide) groups is 1. The molecule has 6 nitrogen and oxygen atoms in total. The lowest BCUT2D eigenvalue weighted by molar-refractivity contribution is -0.116. The van der Waals surface area contributed by atoms with Crippen LogP contribution in [0.15, 0.2) is 50.8 Å². The Bertz CT molecular complexity index is 863. The highest BCUT2D eigenvalue weighted by atomic mass is 32.2. The number of amides is 1. The first-order valence-electron chi connectivity index (χ1n) is 7.97. The van der Waals surface area contributed by atoms with Crippen LogP contribution in [0.1, 0.15) is 26.0 Å². The summed E-state index contributed by atoms with van der Waals surface area (Å²) in [6, 6.07) is 8.34. The van der Waals surface area contributed by atoms with Crippen LogP contribution in [-0.2, 0) is 21.4 Å². The normalized spacial score (nSPS) is 17.8. The molecule has 1 aliphatic heterocycles. The number of nitrogens with one attached hydrogen (secondary N) is 1. The second-order valence-corrected chi connectivity index (χ2v) is 9.17. The van der Waals surface area contributed by atoms with Crippen molar-refractivity contribution in [3.63, 3.8) is 0 Å². The van der Waals surface area contributed by atoms with Crippen molar-refractivity contribution in [1.82, 2.24) is 4.72 Å². The second-order valence-electron chi connectivity index (χ2n) is 5.92. The van der Waals surface area contributed by atoms with Gasteiger partial charge in [-0.1, -0.05) is 6.92 Å². The van der Waals surface area contributed by atoms with Crippen molar-refractivity contribution < 1.29 is 17.6 Å². The first-order valence-corrected chi connectivity index (χ1v) is 10.3. The zero-order chi connectivity index (χ0) is 18.0. The number of anilines is 1. The molecular weight excluding hydrogens is 360 g/mol. The Kier molecular flexibility index (Phi) is 5.21. The average molecular weight is 380 g/mol. The summed E-state index contributed by atoms with van der Waals surface area (Å²) >= 11 is 1.66. The maximum Gasteiger partial charge on any atom is 0.241 e. The molecule has 0 bridgehead atoms. The fourth-order valence-corrected chi connectivity index (χ4v) is 4.78. The molecule has 2 aromatic rings. The van der Waals surface area contributed by atoms with E-state index in [-0.39, 0.29) is 17.3 Å². The van der Waals surface area contributed by atoms with Gasteiger partial charge in [0.2, 0.25) is 15.9 Å². The van der Waals surface area contributed by atoms with Crippen molar-refractivity contribution in [2.45, 2.75) is 41.9 Å². The molecule has 0 aliphatic carbocycles. The number of hydrogen-bond acceptors (Lipinski definition) is 5. The topological polar surface area (TPSA) is 79.6 Å². The lowest BCUT2D eigenvalue weighted by Crippen LogP contribution is -2.30. The van der Waals surface area contributed by atoms with E-state index in [9.17, 15) is 13.2 Å². The number of hydrogen-bond donors (Lipinski definition) is 1. The van der Waals surface area contributed by atoms with Crippen molar-refractivity contribution in [3.05, 3.63) is 42.4 Å². The number of furan rings is 1. The van der Waals surface area contributed by atoms with Gasteiger partial charge in [0, 0.05) is 23.6 Å². The predicted molar refractivity (Wildman–Crippen MR) is 97.1 cm³/mol. The third-order valence-corrected chi connectivity index (χ3v) is 6.65. The van der Waals surface area contributed by atoms with Gasteiger partial charge < -0.3 is 9.32 Å². The Balaban J connectivity index is 1.91. The molecule has 25 heavy (non-hydrogen) atoms. The van der Waals surface area contributed by atoms with Crippen LogP contribution >= 0.6 is 11.8 Å². The molecule has 1 N–H and O–H groups in total. The van der Waals surface area contributed by atoms with Crippen LogP contribution in [0.4, 0.5) is 5.69 Å². The highest BCUT2D eigenvalue weighted by molar-refractivity contribution is 8.00. The quantitative estimate of drug-likeness (QED) is 0.882. The molecule has 1 amide bonds. The molecule has 8 heteroatoms. The van der Waals surface area contributed by atoms with Gasteiger partial charge >= 0.3 is 0 Å². The minimum Gasteiger partial charge on any atom is -0.468 e. The van der Waals surface area contributed by atoms with Crippen molar-refractivity contribution in [2.75, 3.05) is 11.4 Å². The number of carbonyl (C=O) groups excluding carboxylic acids is 1. The highest BCUT2D eigenvalue weighted by Crippen LogP contribution is 2.38. The molecule has 3 rings (SSSR count). The van der Waals surface area contributed by atoms with E-state index in [2.05, 4.69) is 11.6 Å². The van der Waals surface area contributed by atoms with Gasteiger partial charge in [-0.3, -0.25) is 4.79 Å². The van der Waals surface area contributed by atoms with E-state index < -0.39 is 10.0 Å². The first-order chi connectivity index (χ1) is 11.9. The van der Waals surface area contributed by atoms with E-state index in [0.717, 1.165) is 11.3 Å². The third kappa shape index (κ3) is 4.08. The average Bonchev–Trinajstić information content (AvgIpc) is 3.01. The number of carbonyl (C=O) groups is 1. The van der Waals surface area contributed by atoms with Crippen molar-refractivity contribution >= 4 is 33.4 Å². The molecule has 1 aliphatic rings. The van der Waals surface area contributed by atoms with E-state index in [1.807, 2.05) is 0 Å². The van der Waals surface area contributed by atoms with E-state index >= 15 is 0 Å². The first kappa shape index (κ1) is 18.0. The maximum absolute atomic E-state index is 12.6. The fourth-order valence-electron chi connectivity index (χ4n) is 2.67. The van der Waals surface area contributed by atoms with Crippen molar-refractivity contribution in [3.8, 4) is 0 Å². The third-order valence-electron chi connectivity index (χ3n) is 4.02. The van der Waals surface area contributed by atoms with Crippen LogP contribution < -0.4 is 9.62 Å². The van der Waals surface area contributed by atoms with Gasteiger partial charge in [0.15, 0.2) is 0 Å². The van der Waals surface area contributed by atoms with Gasteiger partial charge in [-0.2, -0.15) is 0 Å². The summed E-state index contributed by atoms with van der Waals surface area (Å²) < 4.78 is 32.8. The molecule has 0 spiro atoms. The zero-order valence-corrected chi connectivity index (χ0v) is 15.7. The number of sulfonamides is 1.